The topological polar surface area (TPSA) is 110 Å². The summed E-state index contributed by atoms with van der Waals surface area (Å²) in [5.41, 5.74) is 1.36. The van der Waals surface area contributed by atoms with Crippen molar-refractivity contribution in [1.29, 1.82) is 0 Å². The van der Waals surface area contributed by atoms with Crippen molar-refractivity contribution in [2.24, 2.45) is 5.92 Å². The molecule has 3 N–H and O–H groups in total. The summed E-state index contributed by atoms with van der Waals surface area (Å²) in [5.74, 6) is -1.75. The maximum absolute atomic E-state index is 14.0. The van der Waals surface area contributed by atoms with E-state index in [1.165, 1.54) is 4.90 Å². The molecule has 44 heavy (non-hydrogen) atoms. The number of carbonyl (C=O) groups is 3. The molecule has 1 heterocycles. The van der Waals surface area contributed by atoms with E-state index in [4.69, 9.17) is 0 Å². The van der Waals surface area contributed by atoms with Crippen LogP contribution in [0.25, 0.3) is 0 Å². The van der Waals surface area contributed by atoms with E-state index in [1.807, 2.05) is 54.6 Å². The van der Waals surface area contributed by atoms with Crippen molar-refractivity contribution in [3.05, 3.63) is 138 Å². The van der Waals surface area contributed by atoms with Gasteiger partial charge in [0.15, 0.2) is 5.60 Å². The van der Waals surface area contributed by atoms with Crippen molar-refractivity contribution in [3.63, 3.8) is 0 Å². The van der Waals surface area contributed by atoms with Gasteiger partial charge in [-0.3, -0.25) is 19.3 Å². The van der Waals surface area contributed by atoms with E-state index in [1.54, 1.807) is 78.6 Å². The van der Waals surface area contributed by atoms with Gasteiger partial charge in [0.2, 0.25) is 5.91 Å². The van der Waals surface area contributed by atoms with Gasteiger partial charge in [0, 0.05) is 47.9 Å². The van der Waals surface area contributed by atoms with E-state index >= 15 is 0 Å². The number of hydrogen-bond donors (Lipinski definition) is 3. The largest absolute Gasteiger partial charge is 0.395 e. The number of anilines is 3. The number of amides is 3. The Morgan fingerprint density at radius 2 is 1.57 bits per heavy atom. The molecule has 1 aliphatic heterocycles. The molecular formula is C36H35N3O5. The molecule has 0 bridgehead atoms. The van der Waals surface area contributed by atoms with Crippen LogP contribution in [0, 0.1) is 5.92 Å². The minimum absolute atomic E-state index is 0.0316. The van der Waals surface area contributed by atoms with Crippen molar-refractivity contribution < 1.29 is 24.6 Å². The summed E-state index contributed by atoms with van der Waals surface area (Å²) < 4.78 is 0. The molecular weight excluding hydrogens is 554 g/mol. The Bertz CT molecular complexity index is 1640. The fraction of sp³-hybridized carbons (Fsp3) is 0.194. The van der Waals surface area contributed by atoms with Crippen molar-refractivity contribution in [2.45, 2.75) is 25.5 Å². The van der Waals surface area contributed by atoms with E-state index in [0.29, 0.717) is 34.7 Å². The van der Waals surface area contributed by atoms with Gasteiger partial charge < -0.3 is 20.4 Å². The lowest BCUT2D eigenvalue weighted by atomic mass is 9.82. The molecule has 0 aromatic heterocycles. The van der Waals surface area contributed by atoms with Gasteiger partial charge in [-0.1, -0.05) is 85.8 Å². The van der Waals surface area contributed by atoms with Crippen LogP contribution in [0.1, 0.15) is 34.8 Å². The average Bonchev–Trinajstić information content (AvgIpc) is 3.28. The number of aliphatic hydroxyl groups excluding tert-OH is 1. The zero-order chi connectivity index (χ0) is 31.1. The fourth-order valence-corrected chi connectivity index (χ4v) is 5.43. The molecule has 4 aromatic carbocycles. The van der Waals surface area contributed by atoms with Crippen LogP contribution in [0.2, 0.25) is 0 Å². The molecule has 0 unspecified atom stereocenters. The molecule has 2 atom stereocenters. The van der Waals surface area contributed by atoms with Crippen LogP contribution in [0.3, 0.4) is 0 Å². The number of aliphatic hydroxyl groups is 2. The SMILES string of the molecule is C[C@@H](/C=C/CC(=O)N(CCO)Cc1ccccc1)[C@]1(O)C(=O)N(c2ccccc2)c2ccc(NC(=O)c3ccccc3)cc21. The minimum atomic E-state index is -1.97. The number of carbonyl (C=O) groups excluding carboxylic acids is 3. The lowest BCUT2D eigenvalue weighted by molar-refractivity contribution is -0.138. The molecule has 224 valence electrons. The van der Waals surface area contributed by atoms with Gasteiger partial charge in [0.05, 0.1) is 12.3 Å². The molecule has 8 nitrogen and oxygen atoms in total. The number of nitrogens with one attached hydrogen (secondary N) is 1. The number of fused-ring (bicyclic) bond motifs is 1. The lowest BCUT2D eigenvalue weighted by Gasteiger charge is -2.28. The molecule has 3 amide bonds. The maximum atomic E-state index is 14.0. The smallest absolute Gasteiger partial charge is 0.268 e. The molecule has 0 aliphatic carbocycles. The first-order valence-corrected chi connectivity index (χ1v) is 14.5. The van der Waals surface area contributed by atoms with Crippen LogP contribution < -0.4 is 10.2 Å². The zero-order valence-corrected chi connectivity index (χ0v) is 24.5. The third kappa shape index (κ3) is 6.32. The first kappa shape index (κ1) is 30.4. The van der Waals surface area contributed by atoms with Gasteiger partial charge in [-0.25, -0.2) is 0 Å². The molecule has 0 spiro atoms. The second kappa shape index (κ2) is 13.5. The van der Waals surface area contributed by atoms with Crippen LogP contribution >= 0.6 is 0 Å². The molecule has 0 saturated heterocycles. The molecule has 1 aliphatic rings. The number of rotatable bonds is 11. The summed E-state index contributed by atoms with van der Waals surface area (Å²) in [6.45, 7) is 2.11. The summed E-state index contributed by atoms with van der Waals surface area (Å²) in [6.07, 6.45) is 3.35. The van der Waals surface area contributed by atoms with Gasteiger partial charge >= 0.3 is 0 Å². The summed E-state index contributed by atoms with van der Waals surface area (Å²) in [4.78, 5) is 43.0. The highest BCUT2D eigenvalue weighted by Gasteiger charge is 2.53. The van der Waals surface area contributed by atoms with Gasteiger partial charge in [-0.05, 0) is 48.0 Å². The third-order valence-corrected chi connectivity index (χ3v) is 7.80. The number of nitrogens with zero attached hydrogens (tertiary/aromatic N) is 2. The highest BCUT2D eigenvalue weighted by molar-refractivity contribution is 6.13. The van der Waals surface area contributed by atoms with Crippen molar-refractivity contribution in [1.82, 2.24) is 4.90 Å². The van der Waals surface area contributed by atoms with Gasteiger partial charge in [0.25, 0.3) is 11.8 Å². The second-order valence-electron chi connectivity index (χ2n) is 10.7. The summed E-state index contributed by atoms with van der Waals surface area (Å²) in [6, 6.07) is 32.4. The first-order chi connectivity index (χ1) is 21.3. The Hall–Kier alpha value is -5.05. The summed E-state index contributed by atoms with van der Waals surface area (Å²) in [5, 5.41) is 24.5. The van der Waals surface area contributed by atoms with Crippen LogP contribution in [-0.2, 0) is 21.7 Å². The van der Waals surface area contributed by atoms with E-state index in [9.17, 15) is 24.6 Å². The standard InChI is InChI=1S/C36H35N3O5/c1-26(12-11-19-33(41)38(22-23-40)25-27-13-5-2-6-14-27)36(44)31-24-29(37-34(42)28-15-7-3-8-16-28)20-21-32(31)39(35(36)43)30-17-9-4-10-18-30/h2-18,20-21,24,26,40,44H,19,22-23,25H2,1H3,(H,37,42)/b12-11+/t26-,36+/m0/s1. The lowest BCUT2D eigenvalue weighted by Crippen LogP contribution is -2.42. The molecule has 0 fully saturated rings. The number of para-hydroxylation sites is 1. The van der Waals surface area contributed by atoms with Crippen molar-refractivity contribution >= 4 is 34.8 Å². The Morgan fingerprint density at radius 3 is 2.23 bits per heavy atom. The van der Waals surface area contributed by atoms with E-state index in [0.717, 1.165) is 5.56 Å². The normalized spacial score (nSPS) is 16.5. The minimum Gasteiger partial charge on any atom is -0.395 e. The van der Waals surface area contributed by atoms with E-state index < -0.39 is 17.4 Å². The Labute approximate surface area is 256 Å². The van der Waals surface area contributed by atoms with Crippen LogP contribution in [0.15, 0.2) is 121 Å². The van der Waals surface area contributed by atoms with Crippen LogP contribution in [-0.4, -0.2) is 46.0 Å². The summed E-state index contributed by atoms with van der Waals surface area (Å²) in [7, 11) is 0. The van der Waals surface area contributed by atoms with Crippen molar-refractivity contribution in [2.75, 3.05) is 23.4 Å². The van der Waals surface area contributed by atoms with Gasteiger partial charge in [-0.2, -0.15) is 0 Å². The summed E-state index contributed by atoms with van der Waals surface area (Å²) >= 11 is 0. The van der Waals surface area contributed by atoms with Gasteiger partial charge in [-0.15, -0.1) is 0 Å². The van der Waals surface area contributed by atoms with Crippen LogP contribution in [0.5, 0.6) is 0 Å². The predicted octanol–water partition coefficient (Wildman–Crippen LogP) is 5.41. The predicted molar refractivity (Wildman–Crippen MR) is 170 cm³/mol. The monoisotopic (exact) mass is 589 g/mol. The zero-order valence-electron chi connectivity index (χ0n) is 24.5. The molecule has 5 rings (SSSR count). The van der Waals surface area contributed by atoms with E-state index in [-0.39, 0.29) is 31.4 Å². The van der Waals surface area contributed by atoms with Crippen molar-refractivity contribution in [3.8, 4) is 0 Å². The highest BCUT2D eigenvalue weighted by Crippen LogP contribution is 2.49. The Kier molecular flexibility index (Phi) is 9.33. The molecule has 0 radical (unpaired) electrons. The highest BCUT2D eigenvalue weighted by atomic mass is 16.3. The fourth-order valence-electron chi connectivity index (χ4n) is 5.43. The molecule has 0 saturated carbocycles. The Balaban J connectivity index is 1.41. The number of hydrogen-bond acceptors (Lipinski definition) is 5. The average molecular weight is 590 g/mol. The van der Waals surface area contributed by atoms with E-state index in [2.05, 4.69) is 5.32 Å². The quantitative estimate of drug-likeness (QED) is 0.203. The second-order valence-corrected chi connectivity index (χ2v) is 10.7. The first-order valence-electron chi connectivity index (χ1n) is 14.5. The third-order valence-electron chi connectivity index (χ3n) is 7.80. The molecule has 4 aromatic rings. The maximum Gasteiger partial charge on any atom is 0.268 e. The van der Waals surface area contributed by atoms with Gasteiger partial charge in [0.1, 0.15) is 0 Å². The number of benzene rings is 4. The Morgan fingerprint density at radius 1 is 0.932 bits per heavy atom. The molecule has 8 heteroatoms. The van der Waals surface area contributed by atoms with Crippen LogP contribution in [0.4, 0.5) is 17.1 Å².